The summed E-state index contributed by atoms with van der Waals surface area (Å²) in [6.07, 6.45) is 0. The molecule has 0 aliphatic heterocycles. The average molecular weight is 730 g/mol. The predicted octanol–water partition coefficient (Wildman–Crippen LogP) is 15.5. The van der Waals surface area contributed by atoms with Crippen LogP contribution in [0.5, 0.6) is 0 Å². The summed E-state index contributed by atoms with van der Waals surface area (Å²) in [5, 5.41) is 4.68. The number of hydrogen-bond donors (Lipinski definition) is 0. The maximum atomic E-state index is 6.90. The largest absolute Gasteiger partial charge is 0.456 e. The van der Waals surface area contributed by atoms with E-state index in [2.05, 4.69) is 188 Å². The van der Waals surface area contributed by atoms with Crippen LogP contribution >= 0.6 is 0 Å². The Bertz CT molecular complexity index is 3000. The van der Waals surface area contributed by atoms with Gasteiger partial charge in [0.15, 0.2) is 0 Å². The molecule has 56 heavy (non-hydrogen) atoms. The third kappa shape index (κ3) is 5.17. The first-order valence-electron chi connectivity index (χ1n) is 19.8. The fourth-order valence-corrected chi connectivity index (χ4v) is 9.28. The number of hydrogen-bond acceptors (Lipinski definition) is 3. The highest BCUT2D eigenvalue weighted by atomic mass is 16.3. The molecule has 10 rings (SSSR count). The zero-order chi connectivity index (χ0) is 38.7. The van der Waals surface area contributed by atoms with E-state index in [1.165, 1.54) is 55.3 Å². The van der Waals surface area contributed by atoms with Crippen LogP contribution in [0.4, 0.5) is 17.1 Å². The van der Waals surface area contributed by atoms with Gasteiger partial charge in [-0.3, -0.25) is 0 Å². The fourth-order valence-electron chi connectivity index (χ4n) is 9.28. The van der Waals surface area contributed by atoms with Gasteiger partial charge in [0.25, 0.3) is 0 Å². The van der Waals surface area contributed by atoms with Crippen molar-refractivity contribution in [3.8, 4) is 22.3 Å². The van der Waals surface area contributed by atoms with Gasteiger partial charge in [0.05, 0.1) is 5.69 Å². The Balaban J connectivity index is 1.21. The van der Waals surface area contributed by atoms with E-state index in [0.717, 1.165) is 50.2 Å². The summed E-state index contributed by atoms with van der Waals surface area (Å²) in [6, 6.07) is 50.6. The van der Waals surface area contributed by atoms with E-state index in [-0.39, 0.29) is 16.2 Å². The highest BCUT2D eigenvalue weighted by Gasteiger charge is 2.42. The lowest BCUT2D eigenvalue weighted by Crippen LogP contribution is -2.21. The Morgan fingerprint density at radius 2 is 1.16 bits per heavy atom. The second-order valence-electron chi connectivity index (χ2n) is 18.2. The molecule has 3 heteroatoms. The van der Waals surface area contributed by atoms with Crippen LogP contribution in [0.15, 0.2) is 148 Å². The SMILES string of the molecule is CC(C)(C)c1cc(C(C)(C)C)c2oc3ccc4c(c3c2c1)C(C)(C)c1c-4cccc1N(c1ccc(-c2ccccc2)cc1)c1ccc2c(c1)oc1ccccc12. The van der Waals surface area contributed by atoms with Crippen LogP contribution in [0.2, 0.25) is 0 Å². The zero-order valence-corrected chi connectivity index (χ0v) is 33.5. The number of benzene rings is 7. The van der Waals surface area contributed by atoms with E-state index in [1.54, 1.807) is 0 Å². The number of fused-ring (bicyclic) bond motifs is 10. The molecule has 7 aromatic carbocycles. The van der Waals surface area contributed by atoms with Gasteiger partial charge in [-0.15, -0.1) is 0 Å². The second-order valence-corrected chi connectivity index (χ2v) is 18.2. The number of anilines is 3. The normalized spacial score (nSPS) is 13.9. The molecule has 9 aromatic rings. The van der Waals surface area contributed by atoms with Gasteiger partial charge >= 0.3 is 0 Å². The number of rotatable bonds is 4. The van der Waals surface area contributed by atoms with Crippen LogP contribution in [0.3, 0.4) is 0 Å². The van der Waals surface area contributed by atoms with Gasteiger partial charge in [-0.1, -0.05) is 140 Å². The molecule has 2 aromatic heterocycles. The number of para-hydroxylation sites is 1. The van der Waals surface area contributed by atoms with Crippen LogP contribution in [0, 0.1) is 0 Å². The minimum absolute atomic E-state index is 0.0150. The minimum atomic E-state index is -0.358. The van der Waals surface area contributed by atoms with Crippen molar-refractivity contribution < 1.29 is 8.83 Å². The molecule has 276 valence electrons. The van der Waals surface area contributed by atoms with Gasteiger partial charge in [0, 0.05) is 50.0 Å². The third-order valence-corrected chi connectivity index (χ3v) is 12.1. The molecule has 0 saturated carbocycles. The van der Waals surface area contributed by atoms with Crippen molar-refractivity contribution in [1.82, 2.24) is 0 Å². The first-order valence-corrected chi connectivity index (χ1v) is 19.8. The molecule has 0 bridgehead atoms. The summed E-state index contributed by atoms with van der Waals surface area (Å²) in [5.74, 6) is 0. The maximum absolute atomic E-state index is 6.90. The molecule has 0 unspecified atom stereocenters. The Kier molecular flexibility index (Phi) is 7.36. The van der Waals surface area contributed by atoms with Crippen LogP contribution in [0.1, 0.15) is 77.6 Å². The quantitative estimate of drug-likeness (QED) is 0.181. The molecule has 0 N–H and O–H groups in total. The van der Waals surface area contributed by atoms with E-state index in [0.29, 0.717) is 0 Å². The van der Waals surface area contributed by atoms with Gasteiger partial charge in [-0.25, -0.2) is 0 Å². The predicted molar refractivity (Wildman–Crippen MR) is 236 cm³/mol. The topological polar surface area (TPSA) is 29.5 Å². The van der Waals surface area contributed by atoms with Crippen molar-refractivity contribution in [2.45, 2.75) is 71.6 Å². The van der Waals surface area contributed by atoms with Crippen LogP contribution in [-0.2, 0) is 16.2 Å². The first kappa shape index (κ1) is 34.4. The molecule has 0 saturated heterocycles. The summed E-state index contributed by atoms with van der Waals surface area (Å²) < 4.78 is 13.4. The smallest absolute Gasteiger partial charge is 0.139 e. The Morgan fingerprint density at radius 3 is 1.91 bits per heavy atom. The lowest BCUT2D eigenvalue weighted by atomic mass is 9.77. The molecule has 1 aliphatic carbocycles. The molecule has 3 nitrogen and oxygen atoms in total. The highest BCUT2D eigenvalue weighted by Crippen LogP contribution is 2.58. The zero-order valence-electron chi connectivity index (χ0n) is 33.5. The fraction of sp³-hybridized carbons (Fsp3) is 0.208. The van der Waals surface area contributed by atoms with Gasteiger partial charge in [-0.05, 0) is 98.3 Å². The molecule has 1 aliphatic rings. The molecular weight excluding hydrogens is 683 g/mol. The molecule has 0 radical (unpaired) electrons. The van der Waals surface area contributed by atoms with E-state index in [9.17, 15) is 0 Å². The summed E-state index contributed by atoms with van der Waals surface area (Å²) in [4.78, 5) is 2.42. The number of furan rings is 2. The van der Waals surface area contributed by atoms with Gasteiger partial charge in [-0.2, -0.15) is 0 Å². The van der Waals surface area contributed by atoms with Crippen molar-refractivity contribution in [2.24, 2.45) is 0 Å². The monoisotopic (exact) mass is 729 g/mol. The van der Waals surface area contributed by atoms with Gasteiger partial charge < -0.3 is 13.7 Å². The molecular formula is C53H47NO2. The summed E-state index contributed by atoms with van der Waals surface area (Å²) in [6.45, 7) is 18.6. The average Bonchev–Trinajstić information content (AvgIpc) is 3.82. The standard InChI is InChI=1S/C53H47NO2/c1-51(2,3)34-29-41-47-45(56-50(41)42(30-34)52(4,5)6)28-27-40-39-18-14-19-43(48(39)53(7,8)49(40)47)54(35-23-21-33(22-24-35)32-15-10-9-11-16-32)36-25-26-38-37-17-12-13-20-44(37)55-46(38)31-36/h9-31H,1-8H3. The van der Waals surface area contributed by atoms with Crippen molar-refractivity contribution in [3.05, 3.63) is 162 Å². The van der Waals surface area contributed by atoms with E-state index in [1.807, 2.05) is 12.1 Å². The lowest BCUT2D eigenvalue weighted by molar-refractivity contribution is 0.559. The third-order valence-electron chi connectivity index (χ3n) is 12.1. The number of nitrogens with zero attached hydrogens (tertiary/aromatic N) is 1. The molecule has 2 heterocycles. The van der Waals surface area contributed by atoms with Gasteiger partial charge in [0.1, 0.15) is 22.3 Å². The van der Waals surface area contributed by atoms with Crippen LogP contribution in [0.25, 0.3) is 66.1 Å². The summed E-state index contributed by atoms with van der Waals surface area (Å²) >= 11 is 0. The van der Waals surface area contributed by atoms with Crippen LogP contribution < -0.4 is 4.90 Å². The van der Waals surface area contributed by atoms with Crippen LogP contribution in [-0.4, -0.2) is 0 Å². The Morgan fingerprint density at radius 1 is 0.482 bits per heavy atom. The highest BCUT2D eigenvalue weighted by molar-refractivity contribution is 6.13. The maximum Gasteiger partial charge on any atom is 0.139 e. The van der Waals surface area contributed by atoms with Crippen molar-refractivity contribution in [3.63, 3.8) is 0 Å². The van der Waals surface area contributed by atoms with Crippen molar-refractivity contribution in [2.75, 3.05) is 4.90 Å². The minimum Gasteiger partial charge on any atom is -0.456 e. The molecule has 0 atom stereocenters. The van der Waals surface area contributed by atoms with Crippen molar-refractivity contribution >= 4 is 60.9 Å². The molecule has 0 amide bonds. The summed E-state index contributed by atoms with van der Waals surface area (Å²) in [7, 11) is 0. The summed E-state index contributed by atoms with van der Waals surface area (Å²) in [5.41, 5.74) is 16.7. The lowest BCUT2D eigenvalue weighted by Gasteiger charge is -2.32. The first-order chi connectivity index (χ1) is 26.8. The molecule has 0 fully saturated rings. The second kappa shape index (κ2) is 12.0. The van der Waals surface area contributed by atoms with Crippen molar-refractivity contribution in [1.29, 1.82) is 0 Å². The Hall–Kier alpha value is -6.06. The van der Waals surface area contributed by atoms with E-state index in [4.69, 9.17) is 8.83 Å². The molecule has 0 spiro atoms. The van der Waals surface area contributed by atoms with E-state index < -0.39 is 0 Å². The Labute approximate surface area is 329 Å². The van der Waals surface area contributed by atoms with E-state index >= 15 is 0 Å². The van der Waals surface area contributed by atoms with Gasteiger partial charge in [0.2, 0.25) is 0 Å².